The Morgan fingerprint density at radius 1 is 1.08 bits per heavy atom. The van der Waals surface area contributed by atoms with Crippen molar-refractivity contribution >= 4 is 44.2 Å². The lowest BCUT2D eigenvalue weighted by Gasteiger charge is -2.40. The summed E-state index contributed by atoms with van der Waals surface area (Å²) in [5.74, 6) is 0.260. The van der Waals surface area contributed by atoms with E-state index in [1.54, 1.807) is 17.2 Å². The van der Waals surface area contributed by atoms with E-state index >= 15 is 0 Å². The number of fused-ring (bicyclic) bond motifs is 2. The molecular weight excluding hydrogens is 513 g/mol. The van der Waals surface area contributed by atoms with E-state index in [0.717, 1.165) is 22.0 Å². The second kappa shape index (κ2) is 9.39. The molecule has 1 unspecified atom stereocenters. The lowest BCUT2D eigenvalue weighted by molar-refractivity contribution is -0.137. The molecule has 5 aromatic rings. The maximum atomic E-state index is 13.7. The molecule has 0 saturated carbocycles. The standard InChI is InChI=1S/C27H23F3N6OS/c1-16-15-35(12-13-36(16)21(37)14-18-7-4-6-17-8-5-11-31-22(17)18)25-23(34-26(38-25)27(28,29)30)24-32-19-9-2-3-10-20(19)33-24/h2-11,16H,12-15H2,1H3,(H,32,33). The van der Waals surface area contributed by atoms with E-state index in [0.29, 0.717) is 47.3 Å². The van der Waals surface area contributed by atoms with Gasteiger partial charge in [-0.3, -0.25) is 9.78 Å². The molecule has 2 aromatic carbocycles. The molecule has 0 aliphatic carbocycles. The Bertz CT molecular complexity index is 1610. The zero-order valence-corrected chi connectivity index (χ0v) is 21.2. The van der Waals surface area contributed by atoms with Gasteiger partial charge in [-0.1, -0.05) is 47.7 Å². The van der Waals surface area contributed by atoms with Crippen molar-refractivity contribution in [3.63, 3.8) is 0 Å². The minimum absolute atomic E-state index is 0.0342. The lowest BCUT2D eigenvalue weighted by atomic mass is 10.1. The molecule has 1 amide bonds. The molecule has 0 spiro atoms. The van der Waals surface area contributed by atoms with Gasteiger partial charge < -0.3 is 14.8 Å². The van der Waals surface area contributed by atoms with Crippen LogP contribution in [0.3, 0.4) is 0 Å². The van der Waals surface area contributed by atoms with E-state index in [4.69, 9.17) is 0 Å². The molecule has 1 aliphatic heterocycles. The quantitative estimate of drug-likeness (QED) is 0.327. The van der Waals surface area contributed by atoms with E-state index in [1.165, 1.54) is 0 Å². The molecule has 7 nitrogen and oxygen atoms in total. The summed E-state index contributed by atoms with van der Waals surface area (Å²) in [7, 11) is 0. The number of H-pyrrole nitrogens is 1. The van der Waals surface area contributed by atoms with Crippen molar-refractivity contribution in [2.24, 2.45) is 0 Å². The summed E-state index contributed by atoms with van der Waals surface area (Å²) < 4.78 is 41.0. The van der Waals surface area contributed by atoms with Crippen molar-refractivity contribution in [1.29, 1.82) is 0 Å². The number of anilines is 1. The van der Waals surface area contributed by atoms with Gasteiger partial charge in [0.05, 0.1) is 23.0 Å². The molecule has 4 heterocycles. The Kier molecular flexibility index (Phi) is 6.02. The second-order valence-corrected chi connectivity index (χ2v) is 10.3. The van der Waals surface area contributed by atoms with Gasteiger partial charge in [-0.05, 0) is 30.7 Å². The molecule has 1 N–H and O–H groups in total. The first-order valence-electron chi connectivity index (χ1n) is 12.2. The number of amides is 1. The second-order valence-electron chi connectivity index (χ2n) is 9.32. The molecule has 6 rings (SSSR count). The molecule has 194 valence electrons. The topological polar surface area (TPSA) is 78.0 Å². The fraction of sp³-hybridized carbons (Fsp3) is 0.259. The van der Waals surface area contributed by atoms with Crippen molar-refractivity contribution in [2.75, 3.05) is 24.5 Å². The van der Waals surface area contributed by atoms with Crippen LogP contribution >= 0.6 is 11.3 Å². The number of alkyl halides is 3. The number of piperazine rings is 1. The number of thiazole rings is 1. The number of nitrogens with zero attached hydrogens (tertiary/aromatic N) is 5. The van der Waals surface area contributed by atoms with Crippen molar-refractivity contribution in [3.8, 4) is 11.5 Å². The van der Waals surface area contributed by atoms with Crippen molar-refractivity contribution < 1.29 is 18.0 Å². The predicted molar refractivity (Wildman–Crippen MR) is 141 cm³/mol. The number of imidazole rings is 1. The Labute approximate surface area is 220 Å². The number of nitrogens with one attached hydrogen (secondary N) is 1. The molecule has 3 aromatic heterocycles. The Morgan fingerprint density at radius 3 is 2.68 bits per heavy atom. The summed E-state index contributed by atoms with van der Waals surface area (Å²) in [6.45, 7) is 3.07. The minimum Gasteiger partial charge on any atom is -0.358 e. The molecule has 0 radical (unpaired) electrons. The summed E-state index contributed by atoms with van der Waals surface area (Å²) in [5, 5.41) is 0.450. The van der Waals surface area contributed by atoms with Crippen LogP contribution in [0.15, 0.2) is 60.8 Å². The van der Waals surface area contributed by atoms with E-state index in [2.05, 4.69) is 19.9 Å². The van der Waals surface area contributed by atoms with Crippen molar-refractivity contribution in [2.45, 2.75) is 25.6 Å². The average Bonchev–Trinajstić information content (AvgIpc) is 3.53. The first-order chi connectivity index (χ1) is 18.3. The van der Waals surface area contributed by atoms with Crippen molar-refractivity contribution in [3.05, 3.63) is 71.4 Å². The zero-order valence-electron chi connectivity index (χ0n) is 20.4. The van der Waals surface area contributed by atoms with Crippen LogP contribution < -0.4 is 4.90 Å². The number of aromatic amines is 1. The van der Waals surface area contributed by atoms with Crippen LogP contribution in [0.5, 0.6) is 0 Å². The first kappa shape index (κ1) is 24.4. The van der Waals surface area contributed by atoms with Crippen LogP contribution in [0.4, 0.5) is 18.2 Å². The van der Waals surface area contributed by atoms with Crippen molar-refractivity contribution in [1.82, 2.24) is 24.8 Å². The number of halogens is 3. The number of pyridine rings is 1. The maximum Gasteiger partial charge on any atom is 0.443 e. The van der Waals surface area contributed by atoms with Gasteiger partial charge in [-0.15, -0.1) is 0 Å². The number of hydrogen-bond acceptors (Lipinski definition) is 6. The molecule has 0 bridgehead atoms. The minimum atomic E-state index is -4.57. The molecule has 1 fully saturated rings. The maximum absolute atomic E-state index is 13.7. The van der Waals surface area contributed by atoms with Gasteiger partial charge >= 0.3 is 6.18 Å². The number of para-hydroxylation sites is 3. The smallest absolute Gasteiger partial charge is 0.358 e. The molecule has 1 atom stereocenters. The monoisotopic (exact) mass is 536 g/mol. The number of carbonyl (C=O) groups excluding carboxylic acids is 1. The predicted octanol–water partition coefficient (Wildman–Crippen LogP) is 5.53. The SMILES string of the molecule is CC1CN(c2sc(C(F)(F)F)nc2-c2nc3ccccc3[nH]2)CCN1C(=O)Cc1cccc2cccnc12. The first-order valence-corrected chi connectivity index (χ1v) is 13.0. The summed E-state index contributed by atoms with van der Waals surface area (Å²) in [6.07, 6.45) is -2.65. The molecule has 1 aliphatic rings. The normalized spacial score (nSPS) is 16.5. The Balaban J connectivity index is 1.25. The van der Waals surface area contributed by atoms with Crippen LogP contribution in [-0.2, 0) is 17.4 Å². The summed E-state index contributed by atoms with van der Waals surface area (Å²) in [6, 6.07) is 16.7. The van der Waals surface area contributed by atoms with Crippen LogP contribution in [-0.4, -0.2) is 56.4 Å². The fourth-order valence-corrected chi connectivity index (χ4v) is 5.92. The Hall–Kier alpha value is -3.99. The summed E-state index contributed by atoms with van der Waals surface area (Å²) in [5.41, 5.74) is 3.21. The fourth-order valence-electron chi connectivity index (χ4n) is 4.95. The van der Waals surface area contributed by atoms with Crippen LogP contribution in [0.25, 0.3) is 33.5 Å². The van der Waals surface area contributed by atoms with Crippen LogP contribution in [0.2, 0.25) is 0 Å². The highest BCUT2D eigenvalue weighted by molar-refractivity contribution is 7.16. The summed E-state index contributed by atoms with van der Waals surface area (Å²) >= 11 is 0.612. The van der Waals surface area contributed by atoms with Gasteiger partial charge in [0.2, 0.25) is 10.9 Å². The largest absolute Gasteiger partial charge is 0.443 e. The molecule has 11 heteroatoms. The van der Waals surface area contributed by atoms with Gasteiger partial charge in [0.1, 0.15) is 10.7 Å². The molecule has 1 saturated heterocycles. The number of carbonyl (C=O) groups is 1. The van der Waals surface area contributed by atoms with Gasteiger partial charge in [0, 0.05) is 37.3 Å². The number of rotatable bonds is 4. The van der Waals surface area contributed by atoms with Crippen LogP contribution in [0.1, 0.15) is 17.5 Å². The van der Waals surface area contributed by atoms with E-state index < -0.39 is 11.2 Å². The van der Waals surface area contributed by atoms with E-state index in [-0.39, 0.29) is 24.1 Å². The van der Waals surface area contributed by atoms with Gasteiger partial charge in [-0.2, -0.15) is 13.2 Å². The number of hydrogen-bond donors (Lipinski definition) is 1. The van der Waals surface area contributed by atoms with Gasteiger partial charge in [0.15, 0.2) is 5.82 Å². The molecule has 38 heavy (non-hydrogen) atoms. The van der Waals surface area contributed by atoms with Gasteiger partial charge in [-0.25, -0.2) is 9.97 Å². The Morgan fingerprint density at radius 2 is 1.89 bits per heavy atom. The number of benzene rings is 2. The highest BCUT2D eigenvalue weighted by Gasteiger charge is 2.39. The third-order valence-electron chi connectivity index (χ3n) is 6.76. The average molecular weight is 537 g/mol. The number of aromatic nitrogens is 4. The summed E-state index contributed by atoms with van der Waals surface area (Å²) in [4.78, 5) is 33.0. The third kappa shape index (κ3) is 4.47. The highest BCUT2D eigenvalue weighted by Crippen LogP contribution is 2.42. The highest BCUT2D eigenvalue weighted by atomic mass is 32.1. The molecular formula is C27H23F3N6OS. The lowest BCUT2D eigenvalue weighted by Crippen LogP contribution is -2.54. The van der Waals surface area contributed by atoms with Crippen LogP contribution in [0, 0.1) is 0 Å². The van der Waals surface area contributed by atoms with E-state index in [9.17, 15) is 18.0 Å². The zero-order chi connectivity index (χ0) is 26.4. The third-order valence-corrected chi connectivity index (χ3v) is 7.92. The van der Waals surface area contributed by atoms with Gasteiger partial charge in [0.25, 0.3) is 0 Å². The van der Waals surface area contributed by atoms with E-state index in [1.807, 2.05) is 60.4 Å².